The standard InChI is InChI=1S/C16H24FN/c1-11(10-12-6-8-13(17)9-7-12)18-14-15(2,3)16(14,4)5/h6-9,11,14,18H,10H2,1-5H3. The van der Waals surface area contributed by atoms with E-state index in [0.29, 0.717) is 22.9 Å². The van der Waals surface area contributed by atoms with E-state index in [1.165, 1.54) is 17.7 Å². The zero-order valence-corrected chi connectivity index (χ0v) is 12.0. The average Bonchev–Trinajstić information content (AvgIpc) is 2.64. The molecule has 0 aromatic heterocycles. The highest BCUT2D eigenvalue weighted by molar-refractivity contribution is 5.20. The van der Waals surface area contributed by atoms with Crippen molar-refractivity contribution in [2.24, 2.45) is 10.8 Å². The summed E-state index contributed by atoms with van der Waals surface area (Å²) in [5.74, 6) is -0.163. The predicted molar refractivity (Wildman–Crippen MR) is 74.1 cm³/mol. The molecule has 100 valence electrons. The molecule has 0 amide bonds. The van der Waals surface area contributed by atoms with Crippen molar-refractivity contribution in [1.29, 1.82) is 0 Å². The minimum absolute atomic E-state index is 0.163. The maximum Gasteiger partial charge on any atom is 0.123 e. The van der Waals surface area contributed by atoms with Crippen LogP contribution in [0.4, 0.5) is 4.39 Å². The lowest BCUT2D eigenvalue weighted by molar-refractivity contribution is 0.457. The summed E-state index contributed by atoms with van der Waals surface area (Å²) in [6.45, 7) is 11.5. The molecule has 0 radical (unpaired) electrons. The fraction of sp³-hybridized carbons (Fsp3) is 0.625. The molecule has 0 heterocycles. The zero-order valence-electron chi connectivity index (χ0n) is 12.0. The molecule has 1 nitrogen and oxygen atoms in total. The average molecular weight is 249 g/mol. The van der Waals surface area contributed by atoms with Gasteiger partial charge in [0.15, 0.2) is 0 Å². The number of nitrogens with one attached hydrogen (secondary N) is 1. The predicted octanol–water partition coefficient (Wildman–Crippen LogP) is 3.78. The Morgan fingerprint density at radius 2 is 1.61 bits per heavy atom. The van der Waals surface area contributed by atoms with Gasteiger partial charge in [0.2, 0.25) is 0 Å². The monoisotopic (exact) mass is 249 g/mol. The molecule has 2 heteroatoms. The second-order valence-corrected chi connectivity index (χ2v) is 6.77. The van der Waals surface area contributed by atoms with Crippen LogP contribution in [0.5, 0.6) is 0 Å². The van der Waals surface area contributed by atoms with Crippen LogP contribution in [0, 0.1) is 16.6 Å². The van der Waals surface area contributed by atoms with Crippen LogP contribution in [0.1, 0.15) is 40.2 Å². The number of benzene rings is 1. The quantitative estimate of drug-likeness (QED) is 0.856. The molecule has 1 saturated carbocycles. The molecule has 1 unspecified atom stereocenters. The van der Waals surface area contributed by atoms with Gasteiger partial charge in [0.05, 0.1) is 0 Å². The van der Waals surface area contributed by atoms with E-state index < -0.39 is 0 Å². The minimum atomic E-state index is -0.163. The molecule has 0 bridgehead atoms. The second-order valence-electron chi connectivity index (χ2n) is 6.77. The lowest BCUT2D eigenvalue weighted by atomic mass is 10.0. The molecule has 1 fully saturated rings. The fourth-order valence-electron chi connectivity index (χ4n) is 2.93. The van der Waals surface area contributed by atoms with Crippen LogP contribution in [0.15, 0.2) is 24.3 Å². The molecule has 0 spiro atoms. The van der Waals surface area contributed by atoms with Gasteiger partial charge in [-0.15, -0.1) is 0 Å². The summed E-state index contributed by atoms with van der Waals surface area (Å²) in [6, 6.07) is 7.80. The highest BCUT2D eigenvalue weighted by atomic mass is 19.1. The summed E-state index contributed by atoms with van der Waals surface area (Å²) in [5, 5.41) is 3.70. The third kappa shape index (κ3) is 2.31. The third-order valence-corrected chi connectivity index (χ3v) is 4.93. The summed E-state index contributed by atoms with van der Waals surface area (Å²) in [4.78, 5) is 0. The molecule has 1 aromatic carbocycles. The maximum atomic E-state index is 12.8. The van der Waals surface area contributed by atoms with Crippen LogP contribution in [0.2, 0.25) is 0 Å². The van der Waals surface area contributed by atoms with Crippen LogP contribution in [-0.4, -0.2) is 12.1 Å². The van der Waals surface area contributed by atoms with Gasteiger partial charge in [-0.3, -0.25) is 0 Å². The van der Waals surface area contributed by atoms with Crippen LogP contribution in [-0.2, 0) is 6.42 Å². The van der Waals surface area contributed by atoms with Gasteiger partial charge in [-0.1, -0.05) is 39.8 Å². The minimum Gasteiger partial charge on any atom is -0.310 e. The van der Waals surface area contributed by atoms with Crippen molar-refractivity contribution >= 4 is 0 Å². The highest BCUT2D eigenvalue weighted by Gasteiger charge is 2.64. The summed E-state index contributed by atoms with van der Waals surface area (Å²) in [6.07, 6.45) is 0.947. The first-order chi connectivity index (χ1) is 8.25. The van der Waals surface area contributed by atoms with Crippen molar-refractivity contribution in [2.45, 2.75) is 53.1 Å². The van der Waals surface area contributed by atoms with Crippen LogP contribution in [0.25, 0.3) is 0 Å². The summed E-state index contributed by atoms with van der Waals surface area (Å²) >= 11 is 0. The first-order valence-corrected chi connectivity index (χ1v) is 6.75. The lowest BCUT2D eigenvalue weighted by Crippen LogP contribution is -2.33. The van der Waals surface area contributed by atoms with Crippen molar-refractivity contribution in [3.63, 3.8) is 0 Å². The molecule has 1 aliphatic carbocycles. The molecule has 0 aliphatic heterocycles. The fourth-order valence-corrected chi connectivity index (χ4v) is 2.93. The van der Waals surface area contributed by atoms with E-state index in [4.69, 9.17) is 0 Å². The van der Waals surface area contributed by atoms with Gasteiger partial charge >= 0.3 is 0 Å². The van der Waals surface area contributed by atoms with E-state index in [1.807, 2.05) is 12.1 Å². The van der Waals surface area contributed by atoms with Gasteiger partial charge in [0.1, 0.15) is 5.82 Å². The summed E-state index contributed by atoms with van der Waals surface area (Å²) in [5.41, 5.74) is 1.92. The Hall–Kier alpha value is -0.890. The van der Waals surface area contributed by atoms with Gasteiger partial charge < -0.3 is 5.32 Å². The summed E-state index contributed by atoms with van der Waals surface area (Å²) < 4.78 is 12.8. The second kappa shape index (κ2) is 4.34. The summed E-state index contributed by atoms with van der Waals surface area (Å²) in [7, 11) is 0. The van der Waals surface area contributed by atoms with E-state index in [9.17, 15) is 4.39 Å². The van der Waals surface area contributed by atoms with Crippen molar-refractivity contribution in [1.82, 2.24) is 5.32 Å². The van der Waals surface area contributed by atoms with Gasteiger partial charge in [-0.2, -0.15) is 0 Å². The Labute approximate surface area is 110 Å². The highest BCUT2D eigenvalue weighted by Crippen LogP contribution is 2.62. The van der Waals surface area contributed by atoms with E-state index >= 15 is 0 Å². The van der Waals surface area contributed by atoms with Crippen LogP contribution in [0.3, 0.4) is 0 Å². The normalized spacial score (nSPS) is 22.8. The van der Waals surface area contributed by atoms with E-state index in [-0.39, 0.29) is 5.82 Å². The van der Waals surface area contributed by atoms with Crippen molar-refractivity contribution in [3.8, 4) is 0 Å². The Bertz CT molecular complexity index is 405. The molecule has 18 heavy (non-hydrogen) atoms. The van der Waals surface area contributed by atoms with Crippen LogP contribution >= 0.6 is 0 Å². The maximum absolute atomic E-state index is 12.8. The lowest BCUT2D eigenvalue weighted by Gasteiger charge is -2.15. The zero-order chi connectivity index (χ0) is 13.6. The van der Waals surface area contributed by atoms with Crippen molar-refractivity contribution in [3.05, 3.63) is 35.6 Å². The Morgan fingerprint density at radius 3 is 2.06 bits per heavy atom. The van der Waals surface area contributed by atoms with E-state index in [2.05, 4.69) is 39.9 Å². The Kier molecular flexibility index (Phi) is 3.26. The number of hydrogen-bond acceptors (Lipinski definition) is 1. The van der Waals surface area contributed by atoms with E-state index in [1.54, 1.807) is 0 Å². The largest absolute Gasteiger partial charge is 0.310 e. The third-order valence-electron chi connectivity index (χ3n) is 4.93. The first kappa shape index (κ1) is 13.5. The molecule has 1 N–H and O–H groups in total. The molecular weight excluding hydrogens is 225 g/mol. The van der Waals surface area contributed by atoms with Gasteiger partial charge in [0, 0.05) is 12.1 Å². The Balaban J connectivity index is 1.91. The van der Waals surface area contributed by atoms with Crippen molar-refractivity contribution in [2.75, 3.05) is 0 Å². The van der Waals surface area contributed by atoms with Crippen LogP contribution < -0.4 is 5.32 Å². The van der Waals surface area contributed by atoms with Gasteiger partial charge in [-0.25, -0.2) is 4.39 Å². The van der Waals surface area contributed by atoms with Crippen molar-refractivity contribution < 1.29 is 4.39 Å². The Morgan fingerprint density at radius 1 is 1.11 bits per heavy atom. The smallest absolute Gasteiger partial charge is 0.123 e. The molecule has 1 aromatic rings. The SMILES string of the molecule is CC(Cc1ccc(F)cc1)NC1C(C)(C)C1(C)C. The molecule has 1 atom stereocenters. The molecule has 2 rings (SSSR count). The number of rotatable bonds is 4. The molecule has 1 aliphatic rings. The number of halogens is 1. The van der Waals surface area contributed by atoms with E-state index in [0.717, 1.165) is 6.42 Å². The van der Waals surface area contributed by atoms with Gasteiger partial charge in [0.25, 0.3) is 0 Å². The molecule has 0 saturated heterocycles. The molecular formula is C16H24FN. The van der Waals surface area contributed by atoms with Gasteiger partial charge in [-0.05, 0) is 41.9 Å². The topological polar surface area (TPSA) is 12.0 Å². The number of hydrogen-bond donors (Lipinski definition) is 1. The first-order valence-electron chi connectivity index (χ1n) is 6.75.